The van der Waals surface area contributed by atoms with Gasteiger partial charge in [0.1, 0.15) is 6.54 Å². The minimum atomic E-state index is -0.464. The molecule has 1 unspecified atom stereocenters. The SMILES string of the molecule is O=C(Cn1cccc(I)c1=O)OP. The van der Waals surface area contributed by atoms with Crippen LogP contribution in [0.5, 0.6) is 0 Å². The average Bonchev–Trinajstić information content (AvgIpc) is 2.13. The van der Waals surface area contributed by atoms with Gasteiger partial charge in [0.25, 0.3) is 5.56 Å². The van der Waals surface area contributed by atoms with E-state index in [1.54, 1.807) is 18.3 Å². The van der Waals surface area contributed by atoms with Gasteiger partial charge < -0.3 is 9.09 Å². The molecule has 1 heterocycles. The van der Waals surface area contributed by atoms with Crippen molar-refractivity contribution in [3.63, 3.8) is 0 Å². The highest BCUT2D eigenvalue weighted by molar-refractivity contribution is 14.1. The van der Waals surface area contributed by atoms with Crippen LogP contribution in [0.2, 0.25) is 0 Å². The Hall–Kier alpha value is -0.420. The molecule has 6 heteroatoms. The van der Waals surface area contributed by atoms with Crippen molar-refractivity contribution in [2.24, 2.45) is 0 Å². The standard InChI is InChI=1S/C7H7INO3P/c8-5-2-1-3-9(7(5)11)4-6(10)12-13/h1-3H,4,13H2. The summed E-state index contributed by atoms with van der Waals surface area (Å²) in [5, 5.41) is 0. The molecule has 0 amide bonds. The quantitative estimate of drug-likeness (QED) is 0.599. The van der Waals surface area contributed by atoms with Crippen molar-refractivity contribution in [2.45, 2.75) is 6.54 Å². The molecule has 0 aliphatic rings. The predicted octanol–water partition coefficient (Wildman–Crippen LogP) is 0.786. The van der Waals surface area contributed by atoms with Crippen LogP contribution in [0.4, 0.5) is 0 Å². The van der Waals surface area contributed by atoms with Gasteiger partial charge in [0.2, 0.25) is 0 Å². The molecule has 0 radical (unpaired) electrons. The summed E-state index contributed by atoms with van der Waals surface area (Å²) in [5.41, 5.74) is -0.182. The molecule has 1 atom stereocenters. The Morgan fingerprint density at radius 3 is 3.00 bits per heavy atom. The van der Waals surface area contributed by atoms with E-state index in [0.717, 1.165) is 0 Å². The zero-order valence-electron chi connectivity index (χ0n) is 6.57. The fourth-order valence-corrected chi connectivity index (χ4v) is 1.40. The van der Waals surface area contributed by atoms with Crippen molar-refractivity contribution in [3.8, 4) is 0 Å². The lowest BCUT2D eigenvalue weighted by atomic mass is 10.4. The van der Waals surface area contributed by atoms with Gasteiger partial charge in [-0.15, -0.1) is 0 Å². The molecule has 13 heavy (non-hydrogen) atoms. The fraction of sp³-hybridized carbons (Fsp3) is 0.143. The molecule has 4 nitrogen and oxygen atoms in total. The van der Waals surface area contributed by atoms with Gasteiger partial charge in [0.15, 0.2) is 0 Å². The molecule has 0 aliphatic carbocycles. The summed E-state index contributed by atoms with van der Waals surface area (Å²) in [4.78, 5) is 22.2. The molecule has 0 aliphatic heterocycles. The van der Waals surface area contributed by atoms with Crippen LogP contribution in [0.25, 0.3) is 0 Å². The van der Waals surface area contributed by atoms with E-state index < -0.39 is 5.97 Å². The molecule has 0 aromatic carbocycles. The number of carbonyl (C=O) groups is 1. The number of halogens is 1. The van der Waals surface area contributed by atoms with E-state index >= 15 is 0 Å². The minimum absolute atomic E-state index is 0.0564. The fourth-order valence-electron chi connectivity index (χ4n) is 0.808. The van der Waals surface area contributed by atoms with Gasteiger partial charge >= 0.3 is 5.97 Å². The van der Waals surface area contributed by atoms with Gasteiger partial charge in [-0.2, -0.15) is 0 Å². The lowest BCUT2D eigenvalue weighted by molar-refractivity contribution is -0.133. The van der Waals surface area contributed by atoms with E-state index in [4.69, 9.17) is 0 Å². The van der Waals surface area contributed by atoms with E-state index in [0.29, 0.717) is 3.57 Å². The first-order chi connectivity index (χ1) is 6.15. The van der Waals surface area contributed by atoms with Crippen LogP contribution in [0.3, 0.4) is 0 Å². The van der Waals surface area contributed by atoms with Gasteiger partial charge in [-0.1, -0.05) is 0 Å². The number of aromatic nitrogens is 1. The largest absolute Gasteiger partial charge is 0.450 e. The van der Waals surface area contributed by atoms with Gasteiger partial charge in [0.05, 0.1) is 13.0 Å². The van der Waals surface area contributed by atoms with Gasteiger partial charge in [0, 0.05) is 6.20 Å². The van der Waals surface area contributed by atoms with E-state index in [-0.39, 0.29) is 12.1 Å². The molecule has 0 saturated heterocycles. The first-order valence-electron chi connectivity index (χ1n) is 3.39. The summed E-state index contributed by atoms with van der Waals surface area (Å²) >= 11 is 1.92. The minimum Gasteiger partial charge on any atom is -0.450 e. The summed E-state index contributed by atoms with van der Waals surface area (Å²) in [6.07, 6.45) is 1.55. The Morgan fingerprint density at radius 1 is 1.69 bits per heavy atom. The molecule has 0 spiro atoms. The topological polar surface area (TPSA) is 48.3 Å². The van der Waals surface area contributed by atoms with E-state index in [1.807, 2.05) is 32.1 Å². The summed E-state index contributed by atoms with van der Waals surface area (Å²) in [7, 11) is 1.85. The number of pyridine rings is 1. The molecule has 0 fully saturated rings. The third-order valence-corrected chi connectivity index (χ3v) is 2.49. The number of nitrogens with zero attached hydrogens (tertiary/aromatic N) is 1. The number of hydrogen-bond acceptors (Lipinski definition) is 3. The maximum atomic E-state index is 11.4. The van der Waals surface area contributed by atoms with Crippen molar-refractivity contribution >= 4 is 38.0 Å². The van der Waals surface area contributed by atoms with E-state index in [9.17, 15) is 9.59 Å². The molecular weight excluding hydrogens is 304 g/mol. The maximum Gasteiger partial charge on any atom is 0.328 e. The molecule has 70 valence electrons. The molecule has 0 bridgehead atoms. The molecule has 1 aromatic rings. The molecular formula is C7H7INO3P. The van der Waals surface area contributed by atoms with Crippen LogP contribution < -0.4 is 5.56 Å². The van der Waals surface area contributed by atoms with Gasteiger partial charge in [-0.3, -0.25) is 4.79 Å². The second-order valence-corrected chi connectivity index (χ2v) is 3.68. The normalized spacial score (nSPS) is 9.69. The smallest absolute Gasteiger partial charge is 0.328 e. The van der Waals surface area contributed by atoms with Crippen molar-refractivity contribution in [1.82, 2.24) is 4.57 Å². The highest BCUT2D eigenvalue weighted by atomic mass is 127. The van der Waals surface area contributed by atoms with Crippen LogP contribution >= 0.6 is 32.1 Å². The van der Waals surface area contributed by atoms with Crippen LogP contribution in [-0.4, -0.2) is 10.5 Å². The van der Waals surface area contributed by atoms with Crippen LogP contribution in [0.15, 0.2) is 23.1 Å². The highest BCUT2D eigenvalue weighted by Gasteiger charge is 2.04. The lowest BCUT2D eigenvalue weighted by Crippen LogP contribution is -2.25. The summed E-state index contributed by atoms with van der Waals surface area (Å²) in [5.74, 6) is -0.464. The van der Waals surface area contributed by atoms with Gasteiger partial charge in [-0.05, 0) is 34.7 Å². The monoisotopic (exact) mass is 311 g/mol. The summed E-state index contributed by atoms with van der Waals surface area (Å²) < 4.78 is 6.24. The number of rotatable bonds is 2. The van der Waals surface area contributed by atoms with Crippen LogP contribution in [-0.2, 0) is 15.9 Å². The molecule has 0 saturated carbocycles. The van der Waals surface area contributed by atoms with Crippen LogP contribution in [0.1, 0.15) is 0 Å². The zero-order valence-corrected chi connectivity index (χ0v) is 9.88. The Bertz CT molecular complexity index is 376. The van der Waals surface area contributed by atoms with Gasteiger partial charge in [-0.25, -0.2) is 4.79 Å². The average molecular weight is 311 g/mol. The van der Waals surface area contributed by atoms with E-state index in [1.165, 1.54) is 4.57 Å². The molecule has 0 N–H and O–H groups in total. The van der Waals surface area contributed by atoms with Crippen LogP contribution in [0, 0.1) is 3.57 Å². The molecule has 1 rings (SSSR count). The highest BCUT2D eigenvalue weighted by Crippen LogP contribution is 1.97. The second kappa shape index (κ2) is 4.72. The summed E-state index contributed by atoms with van der Waals surface area (Å²) in [6.45, 7) is -0.0564. The Kier molecular flexibility index (Phi) is 3.87. The maximum absolute atomic E-state index is 11.4. The Balaban J connectivity index is 2.96. The first-order valence-corrected chi connectivity index (χ1v) is 4.94. The van der Waals surface area contributed by atoms with Crippen molar-refractivity contribution in [2.75, 3.05) is 0 Å². The predicted molar refractivity (Wildman–Crippen MR) is 59.2 cm³/mol. The van der Waals surface area contributed by atoms with Crippen molar-refractivity contribution in [3.05, 3.63) is 32.3 Å². The second-order valence-electron chi connectivity index (χ2n) is 2.28. The number of carbonyl (C=O) groups excluding carboxylic acids is 1. The first kappa shape index (κ1) is 10.7. The third kappa shape index (κ3) is 2.77. The van der Waals surface area contributed by atoms with Crippen molar-refractivity contribution in [1.29, 1.82) is 0 Å². The van der Waals surface area contributed by atoms with Crippen molar-refractivity contribution < 1.29 is 9.32 Å². The summed E-state index contributed by atoms with van der Waals surface area (Å²) in [6, 6.07) is 3.39. The lowest BCUT2D eigenvalue weighted by Gasteiger charge is -2.02. The molecule has 1 aromatic heterocycles. The Morgan fingerprint density at radius 2 is 2.38 bits per heavy atom. The third-order valence-electron chi connectivity index (χ3n) is 1.40. The zero-order chi connectivity index (χ0) is 9.84. The number of hydrogen-bond donors (Lipinski definition) is 0. The van der Waals surface area contributed by atoms with E-state index in [2.05, 4.69) is 4.52 Å². The Labute approximate surface area is 90.7 Å².